The highest BCUT2D eigenvalue weighted by molar-refractivity contribution is 5.67. The fraction of sp³-hybridized carbons (Fsp3) is 0.667. The zero-order valence-corrected chi connectivity index (χ0v) is 17.7. The van der Waals surface area contributed by atoms with Crippen molar-refractivity contribution in [2.24, 2.45) is 11.7 Å². The maximum atomic E-state index is 12.3. The van der Waals surface area contributed by atoms with Gasteiger partial charge in [-0.3, -0.25) is 0 Å². The summed E-state index contributed by atoms with van der Waals surface area (Å²) >= 11 is 0. The summed E-state index contributed by atoms with van der Waals surface area (Å²) < 4.78 is 27.9. The van der Waals surface area contributed by atoms with Crippen molar-refractivity contribution in [2.75, 3.05) is 46.1 Å². The highest BCUT2D eigenvalue weighted by Crippen LogP contribution is 2.26. The van der Waals surface area contributed by atoms with E-state index in [2.05, 4.69) is 6.92 Å². The molecule has 2 unspecified atom stereocenters. The molecule has 29 heavy (non-hydrogen) atoms. The van der Waals surface area contributed by atoms with Gasteiger partial charge in [0.25, 0.3) is 0 Å². The summed E-state index contributed by atoms with van der Waals surface area (Å²) in [6.07, 6.45) is -0.0225. The number of ether oxygens (including phenoxy) is 5. The van der Waals surface area contributed by atoms with Crippen molar-refractivity contribution in [1.82, 2.24) is 4.90 Å². The maximum Gasteiger partial charge on any atom is 0.410 e. The van der Waals surface area contributed by atoms with Crippen LogP contribution < -0.4 is 15.2 Å². The standard InChI is InChI=1S/C21H34N2O6/c1-4-16(3)20(22)27-12-13-28-21(24)23-10-11-26-17(14-23)15-29-19-9-7-6-8-18(19)25-5-2/h6-9,16-17,20H,4-5,10-15,22H2,1-3H3/t16?,17?,20-/m0/s1. The molecule has 0 aliphatic carbocycles. The highest BCUT2D eigenvalue weighted by atomic mass is 16.6. The molecule has 8 nitrogen and oxygen atoms in total. The number of para-hydroxylation sites is 2. The summed E-state index contributed by atoms with van der Waals surface area (Å²) in [5, 5.41) is 0. The largest absolute Gasteiger partial charge is 0.490 e. The lowest BCUT2D eigenvalue weighted by Crippen LogP contribution is -2.48. The molecule has 2 N–H and O–H groups in total. The molecular weight excluding hydrogens is 376 g/mol. The van der Waals surface area contributed by atoms with Gasteiger partial charge in [-0.1, -0.05) is 26.0 Å². The summed E-state index contributed by atoms with van der Waals surface area (Å²) in [7, 11) is 0. The zero-order valence-electron chi connectivity index (χ0n) is 17.7. The SMILES string of the molecule is CCOc1ccccc1OCC1CN(C(=O)OCCO[C@H](N)C(C)CC)CCO1. The Hall–Kier alpha value is -2.03. The summed E-state index contributed by atoms with van der Waals surface area (Å²) in [4.78, 5) is 13.9. The molecule has 1 fully saturated rings. The Labute approximate surface area is 173 Å². The number of carbonyl (C=O) groups excluding carboxylic acids is 1. The van der Waals surface area contributed by atoms with Crippen molar-refractivity contribution >= 4 is 6.09 Å². The van der Waals surface area contributed by atoms with E-state index in [1.807, 2.05) is 38.1 Å². The van der Waals surface area contributed by atoms with Crippen LogP contribution in [0.4, 0.5) is 4.79 Å². The molecule has 0 radical (unpaired) electrons. The van der Waals surface area contributed by atoms with Crippen molar-refractivity contribution in [3.05, 3.63) is 24.3 Å². The Balaban J connectivity index is 1.72. The molecule has 2 rings (SSSR count). The predicted molar refractivity (Wildman–Crippen MR) is 109 cm³/mol. The molecule has 1 heterocycles. The molecular formula is C21H34N2O6. The number of benzene rings is 1. The molecule has 0 bridgehead atoms. The van der Waals surface area contributed by atoms with Gasteiger partial charge in [-0.05, 0) is 31.4 Å². The summed E-state index contributed by atoms with van der Waals surface area (Å²) in [6.45, 7) is 8.67. The van der Waals surface area contributed by atoms with Crippen LogP contribution in [0, 0.1) is 5.92 Å². The zero-order chi connectivity index (χ0) is 21.1. The number of nitrogens with two attached hydrogens (primary N) is 1. The Morgan fingerprint density at radius 1 is 1.24 bits per heavy atom. The number of morpholine rings is 1. The second-order valence-electron chi connectivity index (χ2n) is 6.96. The summed E-state index contributed by atoms with van der Waals surface area (Å²) in [5.41, 5.74) is 5.90. The minimum Gasteiger partial charge on any atom is -0.490 e. The third kappa shape index (κ3) is 7.72. The normalized spacial score (nSPS) is 18.8. The van der Waals surface area contributed by atoms with Crippen LogP contribution in [0.15, 0.2) is 24.3 Å². The van der Waals surface area contributed by atoms with Crippen LogP contribution in [0.3, 0.4) is 0 Å². The molecule has 1 aliphatic rings. The lowest BCUT2D eigenvalue weighted by molar-refractivity contribution is -0.0507. The van der Waals surface area contributed by atoms with Crippen LogP contribution in [0.25, 0.3) is 0 Å². The first-order chi connectivity index (χ1) is 14.0. The molecule has 8 heteroatoms. The monoisotopic (exact) mass is 410 g/mol. The molecule has 164 valence electrons. The average Bonchev–Trinajstić information content (AvgIpc) is 2.75. The number of amides is 1. The van der Waals surface area contributed by atoms with Gasteiger partial charge in [-0.15, -0.1) is 0 Å². The van der Waals surface area contributed by atoms with E-state index in [0.717, 1.165) is 6.42 Å². The van der Waals surface area contributed by atoms with Crippen LogP contribution in [0.2, 0.25) is 0 Å². The number of hydrogen-bond acceptors (Lipinski definition) is 7. The number of carbonyl (C=O) groups is 1. The van der Waals surface area contributed by atoms with Crippen LogP contribution in [0.5, 0.6) is 11.5 Å². The second kappa shape index (κ2) is 12.5. The first-order valence-corrected chi connectivity index (χ1v) is 10.3. The third-order valence-electron chi connectivity index (χ3n) is 4.79. The lowest BCUT2D eigenvalue weighted by atomic mass is 10.1. The Kier molecular flexibility index (Phi) is 10.0. The third-order valence-corrected chi connectivity index (χ3v) is 4.79. The van der Waals surface area contributed by atoms with Gasteiger partial charge in [0.05, 0.1) is 26.4 Å². The minimum absolute atomic E-state index is 0.170. The molecule has 1 aliphatic heterocycles. The Morgan fingerprint density at radius 2 is 1.97 bits per heavy atom. The number of hydrogen-bond donors (Lipinski definition) is 1. The van der Waals surface area contributed by atoms with E-state index < -0.39 is 0 Å². The van der Waals surface area contributed by atoms with Gasteiger partial charge in [0.2, 0.25) is 0 Å². The van der Waals surface area contributed by atoms with Gasteiger partial charge < -0.3 is 34.3 Å². The predicted octanol–water partition coefficient (Wildman–Crippen LogP) is 2.65. The summed E-state index contributed by atoms with van der Waals surface area (Å²) in [6, 6.07) is 7.49. The van der Waals surface area contributed by atoms with Gasteiger partial charge in [-0.25, -0.2) is 4.79 Å². The maximum absolute atomic E-state index is 12.3. The molecule has 1 aromatic carbocycles. The van der Waals surface area contributed by atoms with E-state index in [-0.39, 0.29) is 37.6 Å². The molecule has 0 saturated carbocycles. The fourth-order valence-electron chi connectivity index (χ4n) is 2.81. The quantitative estimate of drug-likeness (QED) is 0.443. The van der Waals surface area contributed by atoms with Crippen molar-refractivity contribution in [2.45, 2.75) is 39.5 Å². The minimum atomic E-state index is -0.381. The van der Waals surface area contributed by atoms with Crippen molar-refractivity contribution < 1.29 is 28.5 Å². The van der Waals surface area contributed by atoms with Gasteiger partial charge in [0.15, 0.2) is 11.5 Å². The average molecular weight is 411 g/mol. The van der Waals surface area contributed by atoms with E-state index in [1.165, 1.54) is 0 Å². The smallest absolute Gasteiger partial charge is 0.410 e. The van der Waals surface area contributed by atoms with E-state index >= 15 is 0 Å². The number of nitrogens with zero attached hydrogens (tertiary/aromatic N) is 1. The van der Waals surface area contributed by atoms with Crippen molar-refractivity contribution in [3.63, 3.8) is 0 Å². The van der Waals surface area contributed by atoms with E-state index in [9.17, 15) is 4.79 Å². The number of rotatable bonds is 11. The van der Waals surface area contributed by atoms with Crippen molar-refractivity contribution in [1.29, 1.82) is 0 Å². The highest BCUT2D eigenvalue weighted by Gasteiger charge is 2.26. The second-order valence-corrected chi connectivity index (χ2v) is 6.96. The van der Waals surface area contributed by atoms with Crippen molar-refractivity contribution in [3.8, 4) is 11.5 Å². The lowest BCUT2D eigenvalue weighted by Gasteiger charge is -2.32. The van der Waals surface area contributed by atoms with Crippen LogP contribution in [-0.4, -0.2) is 69.4 Å². The molecule has 0 aromatic heterocycles. The Bertz CT molecular complexity index is 615. The van der Waals surface area contributed by atoms with Crippen LogP contribution in [-0.2, 0) is 14.2 Å². The summed E-state index contributed by atoms with van der Waals surface area (Å²) in [5.74, 6) is 1.61. The Morgan fingerprint density at radius 3 is 2.66 bits per heavy atom. The fourth-order valence-corrected chi connectivity index (χ4v) is 2.81. The van der Waals surface area contributed by atoms with Crippen LogP contribution in [0.1, 0.15) is 27.2 Å². The molecule has 1 aromatic rings. The first kappa shape index (κ1) is 23.3. The van der Waals surface area contributed by atoms with Gasteiger partial charge in [0, 0.05) is 6.54 Å². The van der Waals surface area contributed by atoms with Gasteiger partial charge >= 0.3 is 6.09 Å². The molecule has 1 amide bonds. The van der Waals surface area contributed by atoms with E-state index in [4.69, 9.17) is 29.4 Å². The molecule has 0 spiro atoms. The molecule has 3 atom stereocenters. The van der Waals surface area contributed by atoms with E-state index in [1.54, 1.807) is 4.90 Å². The topological polar surface area (TPSA) is 92.5 Å². The van der Waals surface area contributed by atoms with Gasteiger partial charge in [-0.2, -0.15) is 0 Å². The van der Waals surface area contributed by atoms with Gasteiger partial charge in [0.1, 0.15) is 25.5 Å². The molecule has 1 saturated heterocycles. The first-order valence-electron chi connectivity index (χ1n) is 10.3. The van der Waals surface area contributed by atoms with E-state index in [0.29, 0.717) is 44.4 Å². The van der Waals surface area contributed by atoms with Crippen LogP contribution >= 0.6 is 0 Å².